The van der Waals surface area contributed by atoms with E-state index < -0.39 is 0 Å². The average Bonchev–Trinajstić information content (AvgIpc) is 2.59. The molecule has 0 aromatic heterocycles. The second kappa shape index (κ2) is 16.0. The summed E-state index contributed by atoms with van der Waals surface area (Å²) in [7, 11) is 0. The van der Waals surface area contributed by atoms with E-state index in [2.05, 4.69) is 76.4 Å². The molecule has 2 amide bonds. The molecule has 6 heteroatoms. The van der Waals surface area contributed by atoms with E-state index in [0.29, 0.717) is 49.4 Å². The number of hydrogen-bond donors (Lipinski definition) is 2. The van der Waals surface area contributed by atoms with Gasteiger partial charge in [0.05, 0.1) is 0 Å². The molecule has 0 heterocycles. The number of carbonyl (C=O) groups excluding carboxylic acids is 2. The van der Waals surface area contributed by atoms with Crippen LogP contribution in [-0.2, 0) is 9.59 Å². The van der Waals surface area contributed by atoms with Gasteiger partial charge in [-0.05, 0) is 62.2 Å². The maximum atomic E-state index is 12.0. The van der Waals surface area contributed by atoms with E-state index in [1.165, 1.54) is 0 Å². The zero-order valence-corrected chi connectivity index (χ0v) is 20.7. The maximum absolute atomic E-state index is 12.0. The van der Waals surface area contributed by atoms with E-state index in [-0.39, 0.29) is 11.8 Å². The smallest absolute Gasteiger partial charge is 0.240 e. The summed E-state index contributed by atoms with van der Waals surface area (Å²) in [5.41, 5.74) is 7.46. The van der Waals surface area contributed by atoms with Gasteiger partial charge in [-0.1, -0.05) is 55.4 Å². The van der Waals surface area contributed by atoms with E-state index in [9.17, 15) is 9.59 Å². The lowest BCUT2D eigenvalue weighted by molar-refractivity contribution is -0.123. The highest BCUT2D eigenvalue weighted by atomic mass is 16.2. The van der Waals surface area contributed by atoms with E-state index in [4.69, 9.17) is 0 Å². The third kappa shape index (κ3) is 17.2. The zero-order chi connectivity index (χ0) is 23.1. The standard InChI is InChI=1S/C24H46N4O2/c1-17(2)13-21(14-18(3)4)25-27-23(29)11-9-10-12-24(30)28-26-22(15-19(5)6)16-20(7)8/h17-20H,9-16H2,1-8H3,(H,27,29)(H,28,30). The highest BCUT2D eigenvalue weighted by molar-refractivity contribution is 5.87. The van der Waals surface area contributed by atoms with E-state index in [0.717, 1.165) is 37.1 Å². The van der Waals surface area contributed by atoms with Gasteiger partial charge in [0, 0.05) is 24.3 Å². The van der Waals surface area contributed by atoms with Gasteiger partial charge < -0.3 is 0 Å². The number of rotatable bonds is 15. The van der Waals surface area contributed by atoms with Crippen LogP contribution >= 0.6 is 0 Å². The van der Waals surface area contributed by atoms with Gasteiger partial charge in [-0.15, -0.1) is 0 Å². The maximum Gasteiger partial charge on any atom is 0.240 e. The normalized spacial score (nSPS) is 11.2. The summed E-state index contributed by atoms with van der Waals surface area (Å²) in [6, 6.07) is 0. The molecule has 0 radical (unpaired) electrons. The molecule has 0 spiro atoms. The second-order valence-corrected chi connectivity index (χ2v) is 10.0. The van der Waals surface area contributed by atoms with Crippen LogP contribution in [0.4, 0.5) is 0 Å². The quantitative estimate of drug-likeness (QED) is 0.202. The van der Waals surface area contributed by atoms with Crippen molar-refractivity contribution in [2.75, 3.05) is 0 Å². The van der Waals surface area contributed by atoms with E-state index in [1.54, 1.807) is 0 Å². The lowest BCUT2D eigenvalue weighted by atomic mass is 9.99. The van der Waals surface area contributed by atoms with Crippen molar-refractivity contribution < 1.29 is 9.59 Å². The molecule has 0 aliphatic heterocycles. The molecular weight excluding hydrogens is 376 g/mol. The summed E-state index contributed by atoms with van der Waals surface area (Å²) in [5, 5.41) is 8.67. The summed E-state index contributed by atoms with van der Waals surface area (Å²) >= 11 is 0. The van der Waals surface area contributed by atoms with Crippen molar-refractivity contribution in [1.29, 1.82) is 0 Å². The Morgan fingerprint density at radius 2 is 0.833 bits per heavy atom. The molecule has 0 fully saturated rings. The third-order valence-electron chi connectivity index (χ3n) is 4.31. The predicted octanol–water partition coefficient (Wildman–Crippen LogP) is 5.68. The lowest BCUT2D eigenvalue weighted by Gasteiger charge is -2.12. The molecule has 0 rings (SSSR count). The van der Waals surface area contributed by atoms with Crippen LogP contribution < -0.4 is 10.9 Å². The summed E-state index contributed by atoms with van der Waals surface area (Å²) in [6.07, 6.45) is 5.67. The fraction of sp³-hybridized carbons (Fsp3) is 0.833. The summed E-state index contributed by atoms with van der Waals surface area (Å²) in [5.74, 6) is 1.89. The Kier molecular flexibility index (Phi) is 15.1. The van der Waals surface area contributed by atoms with Crippen molar-refractivity contribution in [3.05, 3.63) is 0 Å². The molecule has 0 saturated heterocycles. The summed E-state index contributed by atoms with van der Waals surface area (Å²) in [4.78, 5) is 24.1. The molecule has 30 heavy (non-hydrogen) atoms. The SMILES string of the molecule is CC(C)CC(CC(C)C)=NNC(=O)CCCCC(=O)NN=C(CC(C)C)CC(C)C. The van der Waals surface area contributed by atoms with Crippen LogP contribution in [-0.4, -0.2) is 23.2 Å². The molecule has 6 nitrogen and oxygen atoms in total. The first-order valence-electron chi connectivity index (χ1n) is 11.7. The zero-order valence-electron chi connectivity index (χ0n) is 20.7. The van der Waals surface area contributed by atoms with Gasteiger partial charge in [-0.25, -0.2) is 10.9 Å². The molecule has 0 aliphatic rings. The van der Waals surface area contributed by atoms with Crippen molar-refractivity contribution in [2.45, 2.75) is 107 Å². The van der Waals surface area contributed by atoms with Crippen LogP contribution in [0.3, 0.4) is 0 Å². The van der Waals surface area contributed by atoms with Crippen molar-refractivity contribution >= 4 is 23.2 Å². The predicted molar refractivity (Wildman–Crippen MR) is 127 cm³/mol. The van der Waals surface area contributed by atoms with Gasteiger partial charge in [-0.2, -0.15) is 10.2 Å². The van der Waals surface area contributed by atoms with Gasteiger partial charge in [-0.3, -0.25) is 9.59 Å². The highest BCUT2D eigenvalue weighted by Crippen LogP contribution is 2.11. The number of unbranched alkanes of at least 4 members (excludes halogenated alkanes) is 1. The molecule has 0 aliphatic carbocycles. The molecular formula is C24H46N4O2. The third-order valence-corrected chi connectivity index (χ3v) is 4.31. The Bertz CT molecular complexity index is 490. The van der Waals surface area contributed by atoms with Crippen LogP contribution in [0.5, 0.6) is 0 Å². The molecule has 0 aromatic rings. The van der Waals surface area contributed by atoms with Crippen LogP contribution in [0, 0.1) is 23.7 Å². The first kappa shape index (κ1) is 28.3. The Hall–Kier alpha value is -1.72. The largest absolute Gasteiger partial charge is 0.273 e. The van der Waals surface area contributed by atoms with Crippen LogP contribution in [0.1, 0.15) is 107 Å². The Morgan fingerprint density at radius 1 is 0.567 bits per heavy atom. The summed E-state index contributed by atoms with van der Waals surface area (Å²) < 4.78 is 0. The van der Waals surface area contributed by atoms with Crippen molar-refractivity contribution in [1.82, 2.24) is 10.9 Å². The molecule has 174 valence electrons. The minimum absolute atomic E-state index is 0.0883. The molecule has 2 N–H and O–H groups in total. The number of carbonyl (C=O) groups is 2. The van der Waals surface area contributed by atoms with Gasteiger partial charge >= 0.3 is 0 Å². The van der Waals surface area contributed by atoms with Crippen molar-refractivity contribution in [3.8, 4) is 0 Å². The molecule has 0 bridgehead atoms. The average molecular weight is 423 g/mol. The Balaban J connectivity index is 4.30. The Labute approximate surface area is 184 Å². The number of hydrazone groups is 2. The first-order valence-corrected chi connectivity index (χ1v) is 11.7. The van der Waals surface area contributed by atoms with E-state index >= 15 is 0 Å². The monoisotopic (exact) mass is 422 g/mol. The number of nitrogens with zero attached hydrogens (tertiary/aromatic N) is 2. The molecule has 0 atom stereocenters. The first-order chi connectivity index (χ1) is 14.0. The van der Waals surface area contributed by atoms with Crippen LogP contribution in [0.25, 0.3) is 0 Å². The number of hydrogen-bond acceptors (Lipinski definition) is 4. The topological polar surface area (TPSA) is 82.9 Å². The molecule has 0 saturated carbocycles. The minimum Gasteiger partial charge on any atom is -0.273 e. The van der Waals surface area contributed by atoms with Gasteiger partial charge in [0.15, 0.2) is 0 Å². The van der Waals surface area contributed by atoms with Gasteiger partial charge in [0.25, 0.3) is 0 Å². The van der Waals surface area contributed by atoms with Crippen LogP contribution in [0.15, 0.2) is 10.2 Å². The molecule has 0 aromatic carbocycles. The minimum atomic E-state index is -0.0883. The number of amides is 2. The Morgan fingerprint density at radius 3 is 1.07 bits per heavy atom. The lowest BCUT2D eigenvalue weighted by Crippen LogP contribution is -2.22. The second-order valence-electron chi connectivity index (χ2n) is 10.0. The highest BCUT2D eigenvalue weighted by Gasteiger charge is 2.09. The molecule has 0 unspecified atom stereocenters. The van der Waals surface area contributed by atoms with Crippen molar-refractivity contribution in [2.24, 2.45) is 33.9 Å². The fourth-order valence-electron chi connectivity index (χ4n) is 3.20. The van der Waals surface area contributed by atoms with Gasteiger partial charge in [0.2, 0.25) is 11.8 Å². The van der Waals surface area contributed by atoms with Crippen LogP contribution in [0.2, 0.25) is 0 Å². The number of nitrogens with one attached hydrogen (secondary N) is 2. The van der Waals surface area contributed by atoms with E-state index in [1.807, 2.05) is 0 Å². The van der Waals surface area contributed by atoms with Crippen molar-refractivity contribution in [3.63, 3.8) is 0 Å². The fourth-order valence-corrected chi connectivity index (χ4v) is 3.20. The van der Waals surface area contributed by atoms with Gasteiger partial charge in [0.1, 0.15) is 0 Å². The summed E-state index contributed by atoms with van der Waals surface area (Å²) in [6.45, 7) is 17.2.